The van der Waals surface area contributed by atoms with Crippen LogP contribution in [-0.4, -0.2) is 27.2 Å². The van der Waals surface area contributed by atoms with Crippen LogP contribution in [0.15, 0.2) is 42.5 Å². The number of hydrogen-bond donors (Lipinski definition) is 3. The molecule has 6 nitrogen and oxygen atoms in total. The molecule has 2 aromatic carbocycles. The molecule has 0 spiro atoms. The van der Waals surface area contributed by atoms with Gasteiger partial charge in [-0.15, -0.1) is 0 Å². The summed E-state index contributed by atoms with van der Waals surface area (Å²) < 4.78 is 2.57. The summed E-state index contributed by atoms with van der Waals surface area (Å²) in [7, 11) is 0. The molecule has 0 aliphatic carbocycles. The lowest BCUT2D eigenvalue weighted by molar-refractivity contribution is 0.0954. The Morgan fingerprint density at radius 2 is 1.86 bits per heavy atom. The molecule has 1 heterocycles. The lowest BCUT2D eigenvalue weighted by Crippen LogP contribution is -2.27. The van der Waals surface area contributed by atoms with Crippen LogP contribution in [0.5, 0.6) is 0 Å². The number of aryl methyl sites for hydroxylation is 1. The van der Waals surface area contributed by atoms with E-state index >= 15 is 0 Å². The first-order valence-electron chi connectivity index (χ1n) is 9.74. The number of aromatic nitrogens is 3. The first-order chi connectivity index (χ1) is 13.9. The first-order valence-corrected chi connectivity index (χ1v) is 10.2. The van der Waals surface area contributed by atoms with Gasteiger partial charge in [0.1, 0.15) is 5.82 Å². The van der Waals surface area contributed by atoms with Crippen molar-refractivity contribution in [1.82, 2.24) is 20.1 Å². The lowest BCUT2D eigenvalue weighted by atomic mass is 10.1. The average molecular weight is 410 g/mol. The van der Waals surface area contributed by atoms with Crippen molar-refractivity contribution >= 4 is 29.5 Å². The zero-order valence-electron chi connectivity index (χ0n) is 17.2. The number of anilines is 2. The Kier molecular flexibility index (Phi) is 6.49. The van der Waals surface area contributed by atoms with E-state index in [1.165, 1.54) is 11.1 Å². The molecule has 152 valence electrons. The summed E-state index contributed by atoms with van der Waals surface area (Å²) in [6.07, 6.45) is 0.601. The van der Waals surface area contributed by atoms with Crippen LogP contribution in [0, 0.1) is 18.6 Å². The van der Waals surface area contributed by atoms with Crippen LogP contribution in [0.1, 0.15) is 47.2 Å². The zero-order chi connectivity index (χ0) is 21.0. The maximum atomic E-state index is 12.8. The predicted octanol–water partition coefficient (Wildman–Crippen LogP) is 4.85. The Morgan fingerprint density at radius 1 is 1.14 bits per heavy atom. The fourth-order valence-corrected chi connectivity index (χ4v) is 3.61. The molecular formula is C22H27N5OS. The standard InChI is InChI=1S/C22H27N5OS/c1-14(2)27-20(25-26-22(27)29)12-13-23-21(28)17-9-5-6-10-19(17)24-18-11-7-8-15(3)16(18)4/h5-11,14,24H,12-13H2,1-4H3,(H,23,28)(H,26,29). The number of H-pyrrole nitrogens is 1. The molecule has 3 aromatic rings. The number of nitrogens with one attached hydrogen (secondary N) is 3. The van der Waals surface area contributed by atoms with E-state index < -0.39 is 0 Å². The smallest absolute Gasteiger partial charge is 0.253 e. The lowest BCUT2D eigenvalue weighted by Gasteiger charge is -2.15. The molecular weight excluding hydrogens is 382 g/mol. The summed E-state index contributed by atoms with van der Waals surface area (Å²) in [5.74, 6) is 0.718. The second-order valence-electron chi connectivity index (χ2n) is 7.33. The van der Waals surface area contributed by atoms with Gasteiger partial charge >= 0.3 is 0 Å². The fraction of sp³-hybridized carbons (Fsp3) is 0.318. The monoisotopic (exact) mass is 409 g/mol. The number of carbonyl (C=O) groups is 1. The van der Waals surface area contributed by atoms with Crippen LogP contribution in [0.3, 0.4) is 0 Å². The third-order valence-corrected chi connectivity index (χ3v) is 5.26. The van der Waals surface area contributed by atoms with E-state index in [-0.39, 0.29) is 11.9 Å². The van der Waals surface area contributed by atoms with Gasteiger partial charge in [0.15, 0.2) is 4.77 Å². The van der Waals surface area contributed by atoms with Crippen LogP contribution < -0.4 is 10.6 Å². The molecule has 1 aromatic heterocycles. The van der Waals surface area contributed by atoms with Crippen molar-refractivity contribution in [2.45, 2.75) is 40.2 Å². The van der Waals surface area contributed by atoms with Crippen molar-refractivity contribution in [2.75, 3.05) is 11.9 Å². The van der Waals surface area contributed by atoms with Gasteiger partial charge in [-0.25, -0.2) is 0 Å². The maximum Gasteiger partial charge on any atom is 0.253 e. The minimum absolute atomic E-state index is 0.122. The maximum absolute atomic E-state index is 12.8. The van der Waals surface area contributed by atoms with Crippen LogP contribution in [0.25, 0.3) is 0 Å². The highest BCUT2D eigenvalue weighted by atomic mass is 32.1. The highest BCUT2D eigenvalue weighted by molar-refractivity contribution is 7.71. The molecule has 0 unspecified atom stereocenters. The van der Waals surface area contributed by atoms with Gasteiger partial charge in [-0.05, 0) is 69.2 Å². The third kappa shape index (κ3) is 4.74. The molecule has 0 radical (unpaired) electrons. The molecule has 0 atom stereocenters. The Bertz CT molecular complexity index is 1070. The van der Waals surface area contributed by atoms with Crippen LogP contribution in [0.4, 0.5) is 11.4 Å². The Hall–Kier alpha value is -2.93. The predicted molar refractivity (Wildman–Crippen MR) is 119 cm³/mol. The topological polar surface area (TPSA) is 74.7 Å². The molecule has 0 saturated carbocycles. The molecule has 0 aliphatic heterocycles. The van der Waals surface area contributed by atoms with E-state index in [2.05, 4.69) is 54.6 Å². The summed E-state index contributed by atoms with van der Waals surface area (Å²) >= 11 is 5.28. The van der Waals surface area contributed by atoms with Crippen LogP contribution >= 0.6 is 12.2 Å². The molecule has 0 fully saturated rings. The van der Waals surface area contributed by atoms with E-state index in [0.29, 0.717) is 23.3 Å². The molecule has 0 aliphatic rings. The van der Waals surface area contributed by atoms with Gasteiger partial charge in [0, 0.05) is 24.7 Å². The molecule has 3 N–H and O–H groups in total. The van der Waals surface area contributed by atoms with Gasteiger partial charge in [-0.3, -0.25) is 9.89 Å². The second-order valence-corrected chi connectivity index (χ2v) is 7.72. The normalized spacial score (nSPS) is 10.9. The molecule has 3 rings (SSSR count). The van der Waals surface area contributed by atoms with Gasteiger partial charge in [0.05, 0.1) is 11.3 Å². The SMILES string of the molecule is Cc1cccc(Nc2ccccc2C(=O)NCCc2n[nH]c(=S)n2C(C)C)c1C. The highest BCUT2D eigenvalue weighted by Gasteiger charge is 2.13. The first kappa shape index (κ1) is 20.8. The minimum Gasteiger partial charge on any atom is -0.355 e. The number of para-hydroxylation sites is 1. The van der Waals surface area contributed by atoms with Crippen molar-refractivity contribution < 1.29 is 4.79 Å². The fourth-order valence-electron chi connectivity index (χ4n) is 3.25. The third-order valence-electron chi connectivity index (χ3n) is 4.97. The van der Waals surface area contributed by atoms with Gasteiger partial charge in [0.2, 0.25) is 0 Å². The van der Waals surface area contributed by atoms with E-state index in [0.717, 1.165) is 17.2 Å². The van der Waals surface area contributed by atoms with Gasteiger partial charge < -0.3 is 15.2 Å². The number of hydrogen-bond acceptors (Lipinski definition) is 4. The summed E-state index contributed by atoms with van der Waals surface area (Å²) in [4.78, 5) is 12.8. The van der Waals surface area contributed by atoms with Crippen molar-refractivity contribution in [3.63, 3.8) is 0 Å². The van der Waals surface area contributed by atoms with Crippen LogP contribution in [-0.2, 0) is 6.42 Å². The van der Waals surface area contributed by atoms with Gasteiger partial charge in [-0.2, -0.15) is 5.10 Å². The molecule has 7 heteroatoms. The number of carbonyl (C=O) groups excluding carboxylic acids is 1. The quantitative estimate of drug-likeness (QED) is 0.488. The number of benzene rings is 2. The van der Waals surface area contributed by atoms with E-state index in [1.54, 1.807) is 0 Å². The van der Waals surface area contributed by atoms with Gasteiger partial charge in [0.25, 0.3) is 5.91 Å². The van der Waals surface area contributed by atoms with Crippen LogP contribution in [0.2, 0.25) is 0 Å². The number of amides is 1. The van der Waals surface area contributed by atoms with Crippen molar-refractivity contribution in [3.8, 4) is 0 Å². The second kappa shape index (κ2) is 9.05. The number of nitrogens with zero attached hydrogens (tertiary/aromatic N) is 2. The summed E-state index contributed by atoms with van der Waals surface area (Å²) in [6, 6.07) is 13.9. The number of rotatable bonds is 7. The Labute approximate surface area is 176 Å². The molecule has 0 bridgehead atoms. The van der Waals surface area contributed by atoms with E-state index in [4.69, 9.17) is 12.2 Å². The Balaban J connectivity index is 1.71. The van der Waals surface area contributed by atoms with Crippen molar-refractivity contribution in [2.24, 2.45) is 0 Å². The van der Waals surface area contributed by atoms with Crippen molar-refractivity contribution in [3.05, 3.63) is 69.8 Å². The summed E-state index contributed by atoms with van der Waals surface area (Å²) in [5, 5.41) is 13.5. The van der Waals surface area contributed by atoms with Gasteiger partial charge in [-0.1, -0.05) is 24.3 Å². The van der Waals surface area contributed by atoms with E-state index in [9.17, 15) is 4.79 Å². The average Bonchev–Trinajstić information content (AvgIpc) is 3.06. The van der Waals surface area contributed by atoms with E-state index in [1.807, 2.05) is 41.0 Å². The summed E-state index contributed by atoms with van der Waals surface area (Å²) in [5.41, 5.74) is 4.76. The highest BCUT2D eigenvalue weighted by Crippen LogP contribution is 2.25. The number of aromatic amines is 1. The largest absolute Gasteiger partial charge is 0.355 e. The minimum atomic E-state index is -0.122. The zero-order valence-corrected chi connectivity index (χ0v) is 18.1. The molecule has 29 heavy (non-hydrogen) atoms. The van der Waals surface area contributed by atoms with Crippen molar-refractivity contribution in [1.29, 1.82) is 0 Å². The summed E-state index contributed by atoms with van der Waals surface area (Å²) in [6.45, 7) is 8.74. The molecule has 0 saturated heterocycles. The molecule has 1 amide bonds. The Morgan fingerprint density at radius 3 is 2.62 bits per heavy atom.